The predicted octanol–water partition coefficient (Wildman–Crippen LogP) is 1.32. The summed E-state index contributed by atoms with van der Waals surface area (Å²) in [5, 5.41) is 4.00. The number of halogens is 1. The molecule has 0 aromatic carbocycles. The van der Waals surface area contributed by atoms with Gasteiger partial charge in [0.2, 0.25) is 5.89 Å². The normalized spacial score (nSPS) is 21.5. The SMILES string of the molecule is CC(C)(C)c1noc(CN2CCC(N)C2)n1.Cl. The van der Waals surface area contributed by atoms with Gasteiger partial charge in [-0.2, -0.15) is 4.98 Å². The van der Waals surface area contributed by atoms with Crippen molar-refractivity contribution >= 4 is 12.4 Å². The van der Waals surface area contributed by atoms with Gasteiger partial charge in [-0.15, -0.1) is 12.4 Å². The van der Waals surface area contributed by atoms with Crippen molar-refractivity contribution in [3.63, 3.8) is 0 Å². The van der Waals surface area contributed by atoms with Gasteiger partial charge in [-0.1, -0.05) is 25.9 Å². The van der Waals surface area contributed by atoms with Crippen molar-refractivity contribution in [2.24, 2.45) is 5.73 Å². The average Bonchev–Trinajstić information content (AvgIpc) is 2.74. The van der Waals surface area contributed by atoms with Gasteiger partial charge in [0.05, 0.1) is 6.54 Å². The van der Waals surface area contributed by atoms with E-state index >= 15 is 0 Å². The van der Waals surface area contributed by atoms with Crippen LogP contribution < -0.4 is 5.73 Å². The van der Waals surface area contributed by atoms with Crippen LogP contribution in [0.25, 0.3) is 0 Å². The minimum absolute atomic E-state index is 0. The van der Waals surface area contributed by atoms with Gasteiger partial charge in [-0.3, -0.25) is 4.90 Å². The first-order chi connectivity index (χ1) is 7.45. The van der Waals surface area contributed by atoms with E-state index in [1.807, 2.05) is 0 Å². The third-order valence-corrected chi connectivity index (χ3v) is 2.81. The Bertz CT molecular complexity index is 361. The summed E-state index contributed by atoms with van der Waals surface area (Å²) in [6.45, 7) is 8.90. The Morgan fingerprint density at radius 3 is 2.65 bits per heavy atom. The number of nitrogens with zero attached hydrogens (tertiary/aromatic N) is 3. The minimum atomic E-state index is -0.0524. The molecular formula is C11H21ClN4O. The van der Waals surface area contributed by atoms with Crippen molar-refractivity contribution in [3.05, 3.63) is 11.7 Å². The summed E-state index contributed by atoms with van der Waals surface area (Å²) in [7, 11) is 0. The lowest BCUT2D eigenvalue weighted by molar-refractivity contribution is 0.264. The molecule has 17 heavy (non-hydrogen) atoms. The van der Waals surface area contributed by atoms with Gasteiger partial charge in [0.15, 0.2) is 5.82 Å². The predicted molar refractivity (Wildman–Crippen MR) is 68.1 cm³/mol. The van der Waals surface area contributed by atoms with E-state index in [4.69, 9.17) is 10.3 Å². The standard InChI is InChI=1S/C11H20N4O.ClH/c1-11(2,3)10-13-9(16-14-10)7-15-5-4-8(12)6-15;/h8H,4-7,12H2,1-3H3;1H. The number of nitrogens with two attached hydrogens (primary N) is 1. The largest absolute Gasteiger partial charge is 0.338 e. The Balaban J connectivity index is 0.00000144. The molecule has 0 aliphatic carbocycles. The molecule has 1 saturated heterocycles. The minimum Gasteiger partial charge on any atom is -0.338 e. The molecular weight excluding hydrogens is 240 g/mol. The maximum Gasteiger partial charge on any atom is 0.240 e. The van der Waals surface area contributed by atoms with E-state index in [-0.39, 0.29) is 17.8 Å². The Hall–Kier alpha value is -0.650. The molecule has 6 heteroatoms. The molecule has 0 amide bonds. The maximum absolute atomic E-state index is 5.84. The van der Waals surface area contributed by atoms with Gasteiger partial charge in [0.1, 0.15) is 0 Å². The molecule has 1 fully saturated rings. The summed E-state index contributed by atoms with van der Waals surface area (Å²) in [4.78, 5) is 6.66. The summed E-state index contributed by atoms with van der Waals surface area (Å²) in [6.07, 6.45) is 1.06. The fourth-order valence-corrected chi connectivity index (χ4v) is 1.82. The van der Waals surface area contributed by atoms with E-state index in [2.05, 4.69) is 35.8 Å². The molecule has 1 aliphatic rings. The number of hydrogen-bond acceptors (Lipinski definition) is 5. The van der Waals surface area contributed by atoms with Crippen LogP contribution in [0.3, 0.4) is 0 Å². The summed E-state index contributed by atoms with van der Waals surface area (Å²) in [5.74, 6) is 1.46. The zero-order chi connectivity index (χ0) is 11.8. The molecule has 0 saturated carbocycles. The Labute approximate surface area is 108 Å². The lowest BCUT2D eigenvalue weighted by Crippen LogP contribution is -2.26. The third kappa shape index (κ3) is 3.66. The zero-order valence-electron chi connectivity index (χ0n) is 10.6. The number of rotatable bonds is 2. The van der Waals surface area contributed by atoms with Crippen LogP contribution in [0.5, 0.6) is 0 Å². The van der Waals surface area contributed by atoms with Gasteiger partial charge in [0, 0.05) is 24.5 Å². The summed E-state index contributed by atoms with van der Waals surface area (Å²) in [5.41, 5.74) is 5.79. The van der Waals surface area contributed by atoms with E-state index < -0.39 is 0 Å². The second kappa shape index (κ2) is 5.33. The highest BCUT2D eigenvalue weighted by atomic mass is 35.5. The number of hydrogen-bond donors (Lipinski definition) is 1. The van der Waals surface area contributed by atoms with Crippen molar-refractivity contribution in [1.82, 2.24) is 15.0 Å². The summed E-state index contributed by atoms with van der Waals surface area (Å²) in [6, 6.07) is 0.296. The number of likely N-dealkylation sites (tertiary alicyclic amines) is 1. The third-order valence-electron chi connectivity index (χ3n) is 2.81. The van der Waals surface area contributed by atoms with Crippen molar-refractivity contribution in [1.29, 1.82) is 0 Å². The molecule has 98 valence electrons. The quantitative estimate of drug-likeness (QED) is 0.869. The summed E-state index contributed by atoms with van der Waals surface area (Å²) >= 11 is 0. The molecule has 0 spiro atoms. The highest BCUT2D eigenvalue weighted by Gasteiger charge is 2.24. The van der Waals surface area contributed by atoms with Crippen LogP contribution in [0, 0.1) is 0 Å². The molecule has 1 aliphatic heterocycles. The van der Waals surface area contributed by atoms with E-state index in [1.54, 1.807) is 0 Å². The van der Waals surface area contributed by atoms with Crippen LogP contribution in [0.4, 0.5) is 0 Å². The van der Waals surface area contributed by atoms with E-state index in [0.717, 1.165) is 31.9 Å². The van der Waals surface area contributed by atoms with E-state index in [0.29, 0.717) is 11.9 Å². The second-order valence-electron chi connectivity index (χ2n) is 5.55. The van der Waals surface area contributed by atoms with Crippen LogP contribution in [0.2, 0.25) is 0 Å². The first-order valence-corrected chi connectivity index (χ1v) is 5.76. The topological polar surface area (TPSA) is 68.2 Å². The average molecular weight is 261 g/mol. The fourth-order valence-electron chi connectivity index (χ4n) is 1.82. The van der Waals surface area contributed by atoms with Gasteiger partial charge >= 0.3 is 0 Å². The Kier molecular flexibility index (Phi) is 4.52. The molecule has 2 rings (SSSR count). The van der Waals surface area contributed by atoms with Gasteiger partial charge < -0.3 is 10.3 Å². The maximum atomic E-state index is 5.84. The van der Waals surface area contributed by atoms with Crippen LogP contribution in [0.1, 0.15) is 38.9 Å². The van der Waals surface area contributed by atoms with Gasteiger partial charge in [-0.25, -0.2) is 0 Å². The molecule has 1 unspecified atom stereocenters. The van der Waals surface area contributed by atoms with Crippen molar-refractivity contribution in [3.8, 4) is 0 Å². The highest BCUT2D eigenvalue weighted by molar-refractivity contribution is 5.85. The first kappa shape index (κ1) is 14.4. The Morgan fingerprint density at radius 2 is 2.18 bits per heavy atom. The van der Waals surface area contributed by atoms with Crippen molar-refractivity contribution in [2.45, 2.75) is 45.2 Å². The van der Waals surface area contributed by atoms with E-state index in [1.165, 1.54) is 0 Å². The molecule has 2 N–H and O–H groups in total. The lowest BCUT2D eigenvalue weighted by Gasteiger charge is -2.12. The fraction of sp³-hybridized carbons (Fsp3) is 0.818. The summed E-state index contributed by atoms with van der Waals surface area (Å²) < 4.78 is 5.24. The highest BCUT2D eigenvalue weighted by Crippen LogP contribution is 2.19. The molecule has 2 heterocycles. The zero-order valence-corrected chi connectivity index (χ0v) is 11.5. The monoisotopic (exact) mass is 260 g/mol. The molecule has 0 bridgehead atoms. The van der Waals surface area contributed by atoms with Gasteiger partial charge in [0.25, 0.3) is 0 Å². The molecule has 0 radical (unpaired) electrons. The van der Waals surface area contributed by atoms with E-state index in [9.17, 15) is 0 Å². The van der Waals surface area contributed by atoms with Gasteiger partial charge in [-0.05, 0) is 6.42 Å². The Morgan fingerprint density at radius 1 is 1.47 bits per heavy atom. The van der Waals surface area contributed by atoms with Crippen LogP contribution in [-0.4, -0.2) is 34.2 Å². The number of aromatic nitrogens is 2. The first-order valence-electron chi connectivity index (χ1n) is 5.76. The van der Waals surface area contributed by atoms with Crippen LogP contribution >= 0.6 is 12.4 Å². The second-order valence-corrected chi connectivity index (χ2v) is 5.55. The molecule has 1 aromatic heterocycles. The van der Waals surface area contributed by atoms with Crippen molar-refractivity contribution in [2.75, 3.05) is 13.1 Å². The lowest BCUT2D eigenvalue weighted by atomic mass is 9.96. The smallest absolute Gasteiger partial charge is 0.240 e. The van der Waals surface area contributed by atoms with Crippen LogP contribution in [0.15, 0.2) is 4.52 Å². The molecule has 5 nitrogen and oxygen atoms in total. The molecule has 1 aromatic rings. The molecule has 1 atom stereocenters. The van der Waals surface area contributed by atoms with Crippen LogP contribution in [-0.2, 0) is 12.0 Å². The van der Waals surface area contributed by atoms with Crippen molar-refractivity contribution < 1.29 is 4.52 Å².